The molecule has 7 heteroatoms. The summed E-state index contributed by atoms with van der Waals surface area (Å²) in [5.74, 6) is 0.670. The maximum Gasteiger partial charge on any atom is 0.250 e. The highest BCUT2D eigenvalue weighted by Crippen LogP contribution is 2.20. The van der Waals surface area contributed by atoms with Crippen LogP contribution in [0, 0.1) is 0 Å². The van der Waals surface area contributed by atoms with Gasteiger partial charge in [0.25, 0.3) is 0 Å². The van der Waals surface area contributed by atoms with E-state index >= 15 is 0 Å². The number of aliphatic hydroxyl groups is 1. The molecule has 0 amide bonds. The monoisotopic (exact) mass is 321 g/mol. The third-order valence-electron chi connectivity index (χ3n) is 3.92. The van der Waals surface area contributed by atoms with Crippen molar-refractivity contribution in [2.24, 2.45) is 0 Å². The van der Waals surface area contributed by atoms with Crippen molar-refractivity contribution in [2.75, 3.05) is 0 Å². The van der Waals surface area contributed by atoms with E-state index in [-0.39, 0.29) is 17.5 Å². The summed E-state index contributed by atoms with van der Waals surface area (Å²) in [7, 11) is -3.52. The number of rotatable bonds is 4. The lowest BCUT2D eigenvalue weighted by Gasteiger charge is -2.08. The van der Waals surface area contributed by atoms with E-state index in [0.29, 0.717) is 12.1 Å². The van der Waals surface area contributed by atoms with E-state index in [0.717, 1.165) is 37.1 Å². The Morgan fingerprint density at radius 2 is 1.77 bits per heavy atom. The largest absolute Gasteiger partial charge is 0.392 e. The van der Waals surface area contributed by atoms with Crippen LogP contribution in [0.5, 0.6) is 0 Å². The van der Waals surface area contributed by atoms with Crippen molar-refractivity contribution in [3.05, 3.63) is 41.2 Å². The van der Waals surface area contributed by atoms with Gasteiger partial charge >= 0.3 is 0 Å². The van der Waals surface area contributed by atoms with Crippen molar-refractivity contribution in [1.29, 1.82) is 0 Å². The Morgan fingerprint density at radius 1 is 1.05 bits per heavy atom. The lowest BCUT2D eigenvalue weighted by Crippen LogP contribution is -2.14. The second kappa shape index (κ2) is 6.18. The van der Waals surface area contributed by atoms with Crippen molar-refractivity contribution in [2.45, 2.75) is 49.7 Å². The van der Waals surface area contributed by atoms with Gasteiger partial charge in [-0.2, -0.15) is 0 Å². The standard InChI is InChI=1S/C15H19N3O3S/c19-10-12-5-7-13(8-6-12)11-22(20,21)15-17-16-14-4-2-1-3-9-18(14)15/h5-8,19H,1-4,9-11H2. The van der Waals surface area contributed by atoms with Crippen molar-refractivity contribution >= 4 is 9.84 Å². The Labute approximate surface area is 129 Å². The maximum absolute atomic E-state index is 12.6. The van der Waals surface area contributed by atoms with Crippen LogP contribution < -0.4 is 0 Å². The lowest BCUT2D eigenvalue weighted by atomic mass is 10.2. The van der Waals surface area contributed by atoms with Gasteiger partial charge in [0.1, 0.15) is 5.82 Å². The van der Waals surface area contributed by atoms with Gasteiger partial charge in [0.05, 0.1) is 12.4 Å². The molecule has 6 nitrogen and oxygen atoms in total. The number of hydrogen-bond donors (Lipinski definition) is 1. The Balaban J connectivity index is 1.88. The van der Waals surface area contributed by atoms with Crippen LogP contribution in [0.1, 0.15) is 36.2 Å². The Hall–Kier alpha value is -1.73. The molecule has 2 heterocycles. The summed E-state index contributed by atoms with van der Waals surface area (Å²) < 4.78 is 27.0. The molecule has 0 spiro atoms. The Bertz CT molecular complexity index is 751. The number of benzene rings is 1. The molecule has 0 unspecified atom stereocenters. The molecule has 1 aliphatic heterocycles. The van der Waals surface area contributed by atoms with Gasteiger partial charge in [-0.1, -0.05) is 30.7 Å². The van der Waals surface area contributed by atoms with Gasteiger partial charge in [-0.05, 0) is 24.0 Å². The Morgan fingerprint density at radius 3 is 2.50 bits per heavy atom. The van der Waals surface area contributed by atoms with E-state index in [2.05, 4.69) is 10.2 Å². The molecule has 0 fully saturated rings. The molecule has 2 aromatic rings. The van der Waals surface area contributed by atoms with Crippen LogP contribution in [0.15, 0.2) is 29.4 Å². The van der Waals surface area contributed by atoms with Crippen LogP contribution >= 0.6 is 0 Å². The number of aromatic nitrogens is 3. The van der Waals surface area contributed by atoms with Gasteiger partial charge < -0.3 is 9.67 Å². The van der Waals surface area contributed by atoms with Gasteiger partial charge in [-0.25, -0.2) is 8.42 Å². The number of hydrogen-bond acceptors (Lipinski definition) is 5. The van der Waals surface area contributed by atoms with Crippen LogP contribution in [0.3, 0.4) is 0 Å². The first-order valence-electron chi connectivity index (χ1n) is 7.44. The SMILES string of the molecule is O=S(=O)(Cc1ccc(CO)cc1)c1nnc2n1CCCCC2. The average Bonchev–Trinajstić information content (AvgIpc) is 2.78. The predicted molar refractivity (Wildman–Crippen MR) is 80.8 cm³/mol. The number of aryl methyl sites for hydroxylation is 1. The van der Waals surface area contributed by atoms with E-state index < -0.39 is 9.84 Å². The van der Waals surface area contributed by atoms with Gasteiger partial charge in [0.15, 0.2) is 0 Å². The highest BCUT2D eigenvalue weighted by Gasteiger charge is 2.25. The first kappa shape index (κ1) is 15.2. The minimum Gasteiger partial charge on any atom is -0.392 e. The van der Waals surface area contributed by atoms with Crippen LogP contribution in [0.4, 0.5) is 0 Å². The molecule has 0 saturated carbocycles. The van der Waals surface area contributed by atoms with Crippen LogP contribution in [0.2, 0.25) is 0 Å². The molecule has 0 atom stereocenters. The minimum atomic E-state index is -3.52. The topological polar surface area (TPSA) is 85.1 Å². The van der Waals surface area contributed by atoms with Crippen molar-refractivity contribution < 1.29 is 13.5 Å². The molecule has 1 N–H and O–H groups in total. The average molecular weight is 321 g/mol. The van der Waals surface area contributed by atoms with Gasteiger partial charge in [-0.15, -0.1) is 10.2 Å². The molecule has 1 aromatic heterocycles. The summed E-state index contributed by atoms with van der Waals surface area (Å²) in [6.45, 7) is 0.616. The van der Waals surface area contributed by atoms with E-state index in [4.69, 9.17) is 5.11 Å². The first-order chi connectivity index (χ1) is 10.6. The summed E-state index contributed by atoms with van der Waals surface area (Å²) in [5.41, 5.74) is 1.45. The Kier molecular flexibility index (Phi) is 4.26. The third kappa shape index (κ3) is 3.05. The predicted octanol–water partition coefficient (Wildman–Crippen LogP) is 1.47. The molecule has 0 radical (unpaired) electrons. The highest BCUT2D eigenvalue weighted by atomic mass is 32.2. The fourth-order valence-electron chi connectivity index (χ4n) is 2.71. The smallest absolute Gasteiger partial charge is 0.250 e. The van der Waals surface area contributed by atoms with Gasteiger partial charge in [0, 0.05) is 13.0 Å². The lowest BCUT2D eigenvalue weighted by molar-refractivity contribution is 0.282. The molecule has 1 aromatic carbocycles. The van der Waals surface area contributed by atoms with Crippen LogP contribution in [0.25, 0.3) is 0 Å². The van der Waals surface area contributed by atoms with Crippen molar-refractivity contribution in [3.63, 3.8) is 0 Å². The van der Waals surface area contributed by atoms with E-state index in [1.54, 1.807) is 28.8 Å². The molecular formula is C15H19N3O3S. The summed E-state index contributed by atoms with van der Waals surface area (Å²) in [6.07, 6.45) is 3.86. The zero-order chi connectivity index (χ0) is 15.6. The van der Waals surface area contributed by atoms with Crippen LogP contribution in [-0.4, -0.2) is 28.3 Å². The molecule has 0 aliphatic carbocycles. The fourth-order valence-corrected chi connectivity index (χ4v) is 4.17. The molecule has 0 bridgehead atoms. The fraction of sp³-hybridized carbons (Fsp3) is 0.467. The number of aliphatic hydroxyl groups excluding tert-OH is 1. The number of sulfone groups is 1. The summed E-state index contributed by atoms with van der Waals surface area (Å²) >= 11 is 0. The van der Waals surface area contributed by atoms with Crippen molar-refractivity contribution in [3.8, 4) is 0 Å². The molecule has 0 saturated heterocycles. The number of fused-ring (bicyclic) bond motifs is 1. The molecular weight excluding hydrogens is 302 g/mol. The first-order valence-corrected chi connectivity index (χ1v) is 9.09. The number of nitrogens with zero attached hydrogens (tertiary/aromatic N) is 3. The van der Waals surface area contributed by atoms with Gasteiger partial charge in [0.2, 0.25) is 15.0 Å². The quantitative estimate of drug-likeness (QED) is 0.922. The normalized spacial score (nSPS) is 15.3. The summed E-state index contributed by atoms with van der Waals surface area (Å²) in [6, 6.07) is 6.91. The van der Waals surface area contributed by atoms with Gasteiger partial charge in [-0.3, -0.25) is 0 Å². The van der Waals surface area contributed by atoms with Crippen molar-refractivity contribution in [1.82, 2.24) is 14.8 Å². The molecule has 118 valence electrons. The third-order valence-corrected chi connectivity index (χ3v) is 5.49. The summed E-state index contributed by atoms with van der Waals surface area (Å²) in [5, 5.41) is 17.1. The maximum atomic E-state index is 12.6. The molecule has 22 heavy (non-hydrogen) atoms. The van der Waals surface area contributed by atoms with E-state index in [1.807, 2.05) is 0 Å². The second-order valence-electron chi connectivity index (χ2n) is 5.59. The van der Waals surface area contributed by atoms with E-state index in [1.165, 1.54) is 0 Å². The van der Waals surface area contributed by atoms with E-state index in [9.17, 15) is 8.42 Å². The van der Waals surface area contributed by atoms with Crippen LogP contribution in [-0.2, 0) is 35.2 Å². The summed E-state index contributed by atoms with van der Waals surface area (Å²) in [4.78, 5) is 0. The zero-order valence-electron chi connectivity index (χ0n) is 12.3. The minimum absolute atomic E-state index is 0.0509. The molecule has 1 aliphatic rings. The second-order valence-corrected chi connectivity index (χ2v) is 7.48. The zero-order valence-corrected chi connectivity index (χ0v) is 13.1. The highest BCUT2D eigenvalue weighted by molar-refractivity contribution is 7.90. The molecule has 3 rings (SSSR count).